The molecule has 3 aromatic rings. The second-order valence-electron chi connectivity index (χ2n) is 4.45. The van der Waals surface area contributed by atoms with Gasteiger partial charge in [0.05, 0.1) is 5.69 Å². The minimum absolute atomic E-state index is 0.835. The molecule has 2 N–H and O–H groups in total. The van der Waals surface area contributed by atoms with Gasteiger partial charge < -0.3 is 10.3 Å². The van der Waals surface area contributed by atoms with E-state index >= 15 is 0 Å². The third kappa shape index (κ3) is 2.15. The van der Waals surface area contributed by atoms with E-state index in [4.69, 9.17) is 0 Å². The molecule has 1 aromatic carbocycles. The van der Waals surface area contributed by atoms with Crippen LogP contribution in [-0.2, 0) is 20.1 Å². The van der Waals surface area contributed by atoms with Gasteiger partial charge in [-0.3, -0.25) is 4.68 Å². The summed E-state index contributed by atoms with van der Waals surface area (Å²) in [7, 11) is 1.96. The van der Waals surface area contributed by atoms with E-state index in [0.29, 0.717) is 0 Å². The Morgan fingerprint density at radius 3 is 3.00 bits per heavy atom. The molecule has 0 unspecified atom stereocenters. The Balaban J connectivity index is 1.64. The minimum atomic E-state index is 0.835. The first-order valence-corrected chi connectivity index (χ1v) is 6.06. The monoisotopic (exact) mass is 240 g/mol. The maximum Gasteiger partial charge on any atom is 0.0518 e. The molecule has 0 radical (unpaired) electrons. The SMILES string of the molecule is Cn1nccc1CNCc1ccc2[nH]ccc2c1. The van der Waals surface area contributed by atoms with Crippen LogP contribution >= 0.6 is 0 Å². The summed E-state index contributed by atoms with van der Waals surface area (Å²) < 4.78 is 1.89. The van der Waals surface area contributed by atoms with Gasteiger partial charge in [-0.05, 0) is 35.2 Å². The average Bonchev–Trinajstić information content (AvgIpc) is 2.98. The molecule has 92 valence electrons. The Hall–Kier alpha value is -2.07. The fourth-order valence-corrected chi connectivity index (χ4v) is 2.12. The van der Waals surface area contributed by atoms with Crippen LogP contribution in [0.15, 0.2) is 42.7 Å². The molecule has 0 saturated heterocycles. The Bertz CT molecular complexity index is 650. The van der Waals surface area contributed by atoms with Gasteiger partial charge in [-0.1, -0.05) is 6.07 Å². The van der Waals surface area contributed by atoms with Crippen molar-refractivity contribution in [1.29, 1.82) is 0 Å². The zero-order valence-electron chi connectivity index (χ0n) is 10.4. The van der Waals surface area contributed by atoms with Crippen LogP contribution in [0.2, 0.25) is 0 Å². The van der Waals surface area contributed by atoms with Gasteiger partial charge in [-0.2, -0.15) is 5.10 Å². The largest absolute Gasteiger partial charge is 0.361 e. The molecular formula is C14H16N4. The fraction of sp³-hybridized carbons (Fsp3) is 0.214. The average molecular weight is 240 g/mol. The van der Waals surface area contributed by atoms with E-state index in [1.807, 2.05) is 30.2 Å². The summed E-state index contributed by atoms with van der Waals surface area (Å²) >= 11 is 0. The molecule has 0 bridgehead atoms. The molecule has 3 rings (SSSR count). The zero-order chi connectivity index (χ0) is 12.4. The Morgan fingerprint density at radius 2 is 2.17 bits per heavy atom. The van der Waals surface area contributed by atoms with Gasteiger partial charge in [-0.25, -0.2) is 0 Å². The lowest BCUT2D eigenvalue weighted by Crippen LogP contribution is -2.15. The molecule has 4 nitrogen and oxygen atoms in total. The lowest BCUT2D eigenvalue weighted by molar-refractivity contribution is 0.626. The van der Waals surface area contributed by atoms with Gasteiger partial charge in [0.25, 0.3) is 0 Å². The number of nitrogens with zero attached hydrogens (tertiary/aromatic N) is 2. The third-order valence-corrected chi connectivity index (χ3v) is 3.18. The van der Waals surface area contributed by atoms with E-state index in [0.717, 1.165) is 13.1 Å². The number of fused-ring (bicyclic) bond motifs is 1. The normalized spacial score (nSPS) is 11.2. The maximum atomic E-state index is 4.15. The van der Waals surface area contributed by atoms with E-state index in [9.17, 15) is 0 Å². The van der Waals surface area contributed by atoms with Crippen LogP contribution in [0.5, 0.6) is 0 Å². The van der Waals surface area contributed by atoms with Crippen LogP contribution in [0.1, 0.15) is 11.3 Å². The van der Waals surface area contributed by atoms with Crippen molar-refractivity contribution in [3.8, 4) is 0 Å². The number of H-pyrrole nitrogens is 1. The van der Waals surface area contributed by atoms with Gasteiger partial charge in [0.2, 0.25) is 0 Å². The summed E-state index contributed by atoms with van der Waals surface area (Å²) in [6.07, 6.45) is 3.79. The number of hydrogen-bond acceptors (Lipinski definition) is 2. The highest BCUT2D eigenvalue weighted by atomic mass is 15.3. The van der Waals surface area contributed by atoms with Crippen molar-refractivity contribution >= 4 is 10.9 Å². The Morgan fingerprint density at radius 1 is 1.22 bits per heavy atom. The molecule has 2 aromatic heterocycles. The van der Waals surface area contributed by atoms with Crippen molar-refractivity contribution in [2.24, 2.45) is 7.05 Å². The Kier molecular flexibility index (Phi) is 2.86. The summed E-state index contributed by atoms with van der Waals surface area (Å²) in [5.41, 5.74) is 3.67. The number of aromatic nitrogens is 3. The Labute approximate surface area is 106 Å². The van der Waals surface area contributed by atoms with Crippen LogP contribution in [-0.4, -0.2) is 14.8 Å². The van der Waals surface area contributed by atoms with E-state index in [1.54, 1.807) is 0 Å². The quantitative estimate of drug-likeness (QED) is 0.734. The van der Waals surface area contributed by atoms with E-state index in [-0.39, 0.29) is 0 Å². The van der Waals surface area contributed by atoms with Gasteiger partial charge in [0.15, 0.2) is 0 Å². The van der Waals surface area contributed by atoms with Gasteiger partial charge >= 0.3 is 0 Å². The third-order valence-electron chi connectivity index (χ3n) is 3.18. The molecule has 18 heavy (non-hydrogen) atoms. The maximum absolute atomic E-state index is 4.15. The standard InChI is InChI=1S/C14H16N4/c1-18-13(5-7-17-18)10-15-9-11-2-3-14-12(8-11)4-6-16-14/h2-8,15-16H,9-10H2,1H3. The molecule has 0 amide bonds. The second-order valence-corrected chi connectivity index (χ2v) is 4.45. The number of hydrogen-bond donors (Lipinski definition) is 2. The van der Waals surface area contributed by atoms with Crippen LogP contribution in [0.3, 0.4) is 0 Å². The molecule has 0 aliphatic rings. The summed E-state index contributed by atoms with van der Waals surface area (Å²) in [5.74, 6) is 0. The van der Waals surface area contributed by atoms with Crippen LogP contribution in [0.25, 0.3) is 10.9 Å². The molecule has 0 aliphatic carbocycles. The zero-order valence-corrected chi connectivity index (χ0v) is 10.4. The van der Waals surface area contributed by atoms with Crippen molar-refractivity contribution in [2.75, 3.05) is 0 Å². The van der Waals surface area contributed by atoms with E-state index < -0.39 is 0 Å². The summed E-state index contributed by atoms with van der Waals surface area (Å²) in [6.45, 7) is 1.70. The first kappa shape index (κ1) is 11.0. The van der Waals surface area contributed by atoms with Crippen molar-refractivity contribution in [1.82, 2.24) is 20.1 Å². The molecule has 0 atom stereocenters. The topological polar surface area (TPSA) is 45.6 Å². The predicted octanol–water partition coefficient (Wildman–Crippen LogP) is 2.19. The number of aromatic amines is 1. The van der Waals surface area contributed by atoms with Crippen LogP contribution in [0, 0.1) is 0 Å². The van der Waals surface area contributed by atoms with Crippen molar-refractivity contribution < 1.29 is 0 Å². The molecule has 0 spiro atoms. The summed E-state index contributed by atoms with van der Waals surface area (Å²) in [5, 5.41) is 8.84. The number of benzene rings is 1. The molecule has 0 saturated carbocycles. The molecule has 4 heteroatoms. The van der Waals surface area contributed by atoms with Crippen LogP contribution in [0.4, 0.5) is 0 Å². The van der Waals surface area contributed by atoms with Crippen molar-refractivity contribution in [2.45, 2.75) is 13.1 Å². The highest BCUT2D eigenvalue weighted by Crippen LogP contribution is 2.14. The van der Waals surface area contributed by atoms with Crippen molar-refractivity contribution in [3.63, 3.8) is 0 Å². The van der Waals surface area contributed by atoms with E-state index in [2.05, 4.69) is 39.7 Å². The highest BCUT2D eigenvalue weighted by Gasteiger charge is 1.99. The number of rotatable bonds is 4. The molecule has 2 heterocycles. The molecular weight excluding hydrogens is 224 g/mol. The number of nitrogens with one attached hydrogen (secondary N) is 2. The fourth-order valence-electron chi connectivity index (χ4n) is 2.12. The molecule has 0 aliphatic heterocycles. The van der Waals surface area contributed by atoms with E-state index in [1.165, 1.54) is 22.2 Å². The van der Waals surface area contributed by atoms with Crippen molar-refractivity contribution in [3.05, 3.63) is 54.0 Å². The second kappa shape index (κ2) is 4.66. The minimum Gasteiger partial charge on any atom is -0.361 e. The summed E-state index contributed by atoms with van der Waals surface area (Å²) in [6, 6.07) is 10.6. The highest BCUT2D eigenvalue weighted by molar-refractivity contribution is 5.79. The van der Waals surface area contributed by atoms with Gasteiger partial charge in [-0.15, -0.1) is 0 Å². The molecule has 0 fully saturated rings. The lowest BCUT2D eigenvalue weighted by atomic mass is 10.1. The number of aryl methyl sites for hydroxylation is 1. The first-order valence-electron chi connectivity index (χ1n) is 6.06. The van der Waals surface area contributed by atoms with Gasteiger partial charge in [0.1, 0.15) is 0 Å². The van der Waals surface area contributed by atoms with Crippen LogP contribution < -0.4 is 5.32 Å². The smallest absolute Gasteiger partial charge is 0.0518 e. The predicted molar refractivity (Wildman–Crippen MR) is 72.1 cm³/mol. The first-order chi connectivity index (χ1) is 8.83. The van der Waals surface area contributed by atoms with Gasteiger partial charge in [0, 0.05) is 38.0 Å². The summed E-state index contributed by atoms with van der Waals surface area (Å²) in [4.78, 5) is 3.20. The lowest BCUT2D eigenvalue weighted by Gasteiger charge is -2.05.